The molecule has 1 aliphatic heterocycles. The van der Waals surface area contributed by atoms with Crippen LogP contribution in [0.4, 0.5) is 11.6 Å². The zero-order valence-corrected chi connectivity index (χ0v) is 11.8. The van der Waals surface area contributed by atoms with E-state index >= 15 is 0 Å². The Morgan fingerprint density at radius 1 is 1.37 bits per heavy atom. The Morgan fingerprint density at radius 2 is 2.16 bits per heavy atom. The molecule has 1 amide bonds. The average Bonchev–Trinajstić information content (AvgIpc) is 2.42. The van der Waals surface area contributed by atoms with E-state index in [9.17, 15) is 4.79 Å². The first kappa shape index (κ1) is 13.6. The molecule has 1 aliphatic rings. The largest absolute Gasteiger partial charge is 0.373 e. The van der Waals surface area contributed by atoms with E-state index in [2.05, 4.69) is 22.2 Å². The normalized spacial score (nSPS) is 15.8. The Kier molecular flexibility index (Phi) is 4.19. The molecule has 1 fully saturated rings. The van der Waals surface area contributed by atoms with Gasteiger partial charge >= 0.3 is 0 Å². The fourth-order valence-electron chi connectivity index (χ4n) is 2.06. The Labute approximate surface area is 113 Å². The molecule has 0 aliphatic carbocycles. The van der Waals surface area contributed by atoms with E-state index in [0.717, 1.165) is 43.4 Å². The van der Waals surface area contributed by atoms with Crippen LogP contribution in [0.3, 0.4) is 0 Å². The zero-order chi connectivity index (χ0) is 13.8. The van der Waals surface area contributed by atoms with Gasteiger partial charge in [0.2, 0.25) is 5.91 Å². The van der Waals surface area contributed by atoms with Gasteiger partial charge in [-0.25, -0.2) is 9.97 Å². The van der Waals surface area contributed by atoms with Crippen LogP contribution in [0.15, 0.2) is 6.07 Å². The molecule has 0 radical (unpaired) electrons. The lowest BCUT2D eigenvalue weighted by molar-refractivity contribution is -0.129. The topological polar surface area (TPSA) is 61.4 Å². The van der Waals surface area contributed by atoms with Crippen LogP contribution in [-0.4, -0.2) is 54.5 Å². The van der Waals surface area contributed by atoms with Crippen molar-refractivity contribution in [3.63, 3.8) is 0 Å². The summed E-state index contributed by atoms with van der Waals surface area (Å²) in [7, 11) is 3.68. The first-order chi connectivity index (χ1) is 9.13. The van der Waals surface area contributed by atoms with Crippen molar-refractivity contribution in [3.8, 4) is 0 Å². The van der Waals surface area contributed by atoms with E-state index in [0.29, 0.717) is 6.54 Å². The number of piperazine rings is 1. The lowest BCUT2D eigenvalue weighted by Gasteiger charge is -2.32. The highest BCUT2D eigenvalue weighted by molar-refractivity contribution is 5.82. The van der Waals surface area contributed by atoms with Gasteiger partial charge in [0.15, 0.2) is 0 Å². The summed E-state index contributed by atoms with van der Waals surface area (Å²) < 4.78 is 0. The molecule has 0 saturated carbocycles. The number of aromatic nitrogens is 2. The number of likely N-dealkylation sites (N-methyl/N-ethyl adjacent to an activating group) is 1. The summed E-state index contributed by atoms with van der Waals surface area (Å²) >= 11 is 0. The molecular formula is C13H21N5O. The van der Waals surface area contributed by atoms with Crippen molar-refractivity contribution >= 4 is 17.5 Å². The molecule has 6 heteroatoms. The molecule has 1 saturated heterocycles. The Morgan fingerprint density at radius 3 is 2.79 bits per heavy atom. The van der Waals surface area contributed by atoms with Crippen molar-refractivity contribution in [1.29, 1.82) is 0 Å². The molecule has 0 atom stereocenters. The summed E-state index contributed by atoms with van der Waals surface area (Å²) in [5.74, 6) is 2.60. The van der Waals surface area contributed by atoms with Crippen LogP contribution in [0.2, 0.25) is 0 Å². The third-order valence-electron chi connectivity index (χ3n) is 3.27. The van der Waals surface area contributed by atoms with Gasteiger partial charge in [0.25, 0.3) is 0 Å². The molecule has 0 spiro atoms. The Hall–Kier alpha value is -1.85. The minimum Gasteiger partial charge on any atom is -0.373 e. The highest BCUT2D eigenvalue weighted by Crippen LogP contribution is 2.18. The smallest absolute Gasteiger partial charge is 0.241 e. The van der Waals surface area contributed by atoms with E-state index in [1.807, 2.05) is 25.1 Å². The second-order valence-electron chi connectivity index (χ2n) is 4.76. The number of anilines is 2. The molecule has 1 aromatic heterocycles. The number of nitrogens with one attached hydrogen (secondary N) is 1. The minimum atomic E-state index is 0.132. The van der Waals surface area contributed by atoms with Crippen molar-refractivity contribution in [2.24, 2.45) is 0 Å². The summed E-state index contributed by atoms with van der Waals surface area (Å²) in [4.78, 5) is 24.5. The molecule has 19 heavy (non-hydrogen) atoms. The van der Waals surface area contributed by atoms with Crippen LogP contribution in [0, 0.1) is 0 Å². The van der Waals surface area contributed by atoms with Crippen LogP contribution in [0.5, 0.6) is 0 Å². The lowest BCUT2D eigenvalue weighted by atomic mass is 10.3. The molecule has 6 nitrogen and oxygen atoms in total. The molecule has 1 N–H and O–H groups in total. The summed E-state index contributed by atoms with van der Waals surface area (Å²) in [6.07, 6.45) is 1.86. The number of carbonyl (C=O) groups is 1. The highest BCUT2D eigenvalue weighted by atomic mass is 16.2. The number of rotatable bonds is 4. The number of aryl methyl sites for hydroxylation is 1. The van der Waals surface area contributed by atoms with Gasteiger partial charge in [-0.3, -0.25) is 4.79 Å². The van der Waals surface area contributed by atoms with Gasteiger partial charge in [-0.1, -0.05) is 6.92 Å². The SMILES string of the molecule is CCCc1nc(NC)cc(N2CCN(C)C(=O)C2)n1. The second kappa shape index (κ2) is 5.86. The van der Waals surface area contributed by atoms with Crippen molar-refractivity contribution in [3.05, 3.63) is 11.9 Å². The van der Waals surface area contributed by atoms with Gasteiger partial charge in [0, 0.05) is 39.7 Å². The molecule has 104 valence electrons. The maximum atomic E-state index is 11.8. The molecule has 0 aromatic carbocycles. The molecule has 2 heterocycles. The predicted molar refractivity (Wildman–Crippen MR) is 75.4 cm³/mol. The average molecular weight is 263 g/mol. The van der Waals surface area contributed by atoms with Crippen molar-refractivity contribution in [2.45, 2.75) is 19.8 Å². The van der Waals surface area contributed by atoms with Gasteiger partial charge in [0.05, 0.1) is 6.54 Å². The fraction of sp³-hybridized carbons (Fsp3) is 0.615. The monoisotopic (exact) mass is 263 g/mol. The summed E-state index contributed by atoms with van der Waals surface area (Å²) in [5.41, 5.74) is 0. The third kappa shape index (κ3) is 3.13. The number of carbonyl (C=O) groups excluding carboxylic acids is 1. The van der Waals surface area contributed by atoms with Crippen LogP contribution in [0.1, 0.15) is 19.2 Å². The van der Waals surface area contributed by atoms with Gasteiger partial charge in [-0.2, -0.15) is 0 Å². The molecule has 1 aromatic rings. The first-order valence-corrected chi connectivity index (χ1v) is 6.68. The second-order valence-corrected chi connectivity index (χ2v) is 4.76. The summed E-state index contributed by atoms with van der Waals surface area (Å²) in [5, 5.41) is 3.05. The summed E-state index contributed by atoms with van der Waals surface area (Å²) in [6.45, 7) is 4.05. The van der Waals surface area contributed by atoms with E-state index in [4.69, 9.17) is 0 Å². The van der Waals surface area contributed by atoms with Crippen molar-refractivity contribution in [1.82, 2.24) is 14.9 Å². The first-order valence-electron chi connectivity index (χ1n) is 6.68. The van der Waals surface area contributed by atoms with Gasteiger partial charge in [-0.05, 0) is 6.42 Å². The minimum absolute atomic E-state index is 0.132. The molecular weight excluding hydrogens is 242 g/mol. The standard InChI is InChI=1S/C13H21N5O/c1-4-5-10-15-11(14-2)8-12(16-10)18-7-6-17(3)13(19)9-18/h8H,4-7,9H2,1-3H3,(H,14,15,16). The van der Waals surface area contributed by atoms with Gasteiger partial charge in [-0.15, -0.1) is 0 Å². The predicted octanol–water partition coefficient (Wildman–Crippen LogP) is 0.749. The maximum absolute atomic E-state index is 11.8. The Balaban J connectivity index is 2.23. The van der Waals surface area contributed by atoms with Crippen molar-refractivity contribution < 1.29 is 4.79 Å². The summed E-state index contributed by atoms with van der Waals surface area (Å²) in [6, 6.07) is 1.90. The van der Waals surface area contributed by atoms with E-state index in [-0.39, 0.29) is 5.91 Å². The van der Waals surface area contributed by atoms with E-state index in [1.54, 1.807) is 4.90 Å². The van der Waals surface area contributed by atoms with Crippen LogP contribution >= 0.6 is 0 Å². The van der Waals surface area contributed by atoms with Gasteiger partial charge in [0.1, 0.15) is 17.5 Å². The number of hydrogen-bond donors (Lipinski definition) is 1. The molecule has 2 rings (SSSR count). The number of hydrogen-bond acceptors (Lipinski definition) is 5. The van der Waals surface area contributed by atoms with Crippen LogP contribution in [0.25, 0.3) is 0 Å². The highest BCUT2D eigenvalue weighted by Gasteiger charge is 2.22. The zero-order valence-electron chi connectivity index (χ0n) is 11.8. The maximum Gasteiger partial charge on any atom is 0.241 e. The van der Waals surface area contributed by atoms with Gasteiger partial charge < -0.3 is 15.1 Å². The molecule has 0 unspecified atom stereocenters. The quantitative estimate of drug-likeness (QED) is 0.868. The number of amides is 1. The van der Waals surface area contributed by atoms with Crippen LogP contribution in [-0.2, 0) is 11.2 Å². The molecule has 0 bridgehead atoms. The fourth-order valence-corrected chi connectivity index (χ4v) is 2.06. The van der Waals surface area contributed by atoms with Crippen molar-refractivity contribution in [2.75, 3.05) is 43.9 Å². The Bertz CT molecular complexity index is 462. The lowest BCUT2D eigenvalue weighted by Crippen LogP contribution is -2.48. The van der Waals surface area contributed by atoms with E-state index < -0.39 is 0 Å². The number of nitrogens with zero attached hydrogens (tertiary/aromatic N) is 4. The van der Waals surface area contributed by atoms with Crippen LogP contribution < -0.4 is 10.2 Å². The van der Waals surface area contributed by atoms with E-state index in [1.165, 1.54) is 0 Å². The third-order valence-corrected chi connectivity index (χ3v) is 3.27.